The maximum atomic E-state index is 4.87. The first-order valence-electron chi connectivity index (χ1n) is 7.75. The summed E-state index contributed by atoms with van der Waals surface area (Å²) in [5.74, 6) is 0. The number of hydrogen-bond donors (Lipinski definition) is 0. The number of allylic oxidation sites excluding steroid dienone is 8. The molecule has 1 heteroatoms. The Hall–Kier alpha value is -3.06. The number of nitrogens with zero attached hydrogens (tertiary/aromatic N) is 1. The van der Waals surface area contributed by atoms with E-state index in [1.54, 1.807) is 0 Å². The van der Waals surface area contributed by atoms with Gasteiger partial charge in [0.2, 0.25) is 0 Å². The summed E-state index contributed by atoms with van der Waals surface area (Å²) in [6.45, 7) is 0. The second-order valence-electron chi connectivity index (χ2n) is 5.53. The second-order valence-corrected chi connectivity index (χ2v) is 5.53. The van der Waals surface area contributed by atoms with E-state index >= 15 is 0 Å². The van der Waals surface area contributed by atoms with Crippen molar-refractivity contribution in [2.75, 3.05) is 0 Å². The standard InChI is InChI=1S/C22H16N/c1-3-9-17(10-4-1)20-15-21(18-11-5-2-6-12-18)23-22(16-20)19-13-7-8-14-19/h1-16H/q-1. The molecule has 0 fully saturated rings. The van der Waals surface area contributed by atoms with Gasteiger partial charge in [-0.3, -0.25) is 0 Å². The van der Waals surface area contributed by atoms with Gasteiger partial charge in [-0.2, -0.15) is 0 Å². The molecule has 0 saturated heterocycles. The summed E-state index contributed by atoms with van der Waals surface area (Å²) in [5, 5.41) is 4.87. The molecular formula is C22H16N-. The maximum absolute atomic E-state index is 4.87. The SMILES string of the molecule is C1=CC(=C2C=C(c3ccccc3)C=C(c3ccccc3)[N-]2)C=C1. The lowest BCUT2D eigenvalue weighted by atomic mass is 9.97. The number of benzene rings is 2. The Bertz CT molecular complexity index is 849. The van der Waals surface area contributed by atoms with Gasteiger partial charge in [0.05, 0.1) is 0 Å². The lowest BCUT2D eigenvalue weighted by Crippen LogP contribution is -1.96. The molecule has 0 spiro atoms. The lowest BCUT2D eigenvalue weighted by Gasteiger charge is -2.34. The van der Waals surface area contributed by atoms with Crippen molar-refractivity contribution in [3.05, 3.63) is 125 Å². The minimum absolute atomic E-state index is 1.00. The third kappa shape index (κ3) is 2.82. The molecule has 4 rings (SSSR count). The van der Waals surface area contributed by atoms with Crippen molar-refractivity contribution in [1.82, 2.24) is 0 Å². The van der Waals surface area contributed by atoms with Gasteiger partial charge < -0.3 is 5.32 Å². The molecule has 1 aliphatic carbocycles. The molecule has 0 radical (unpaired) electrons. The highest BCUT2D eigenvalue weighted by atomic mass is 14.9. The molecule has 0 N–H and O–H groups in total. The molecule has 2 aliphatic rings. The van der Waals surface area contributed by atoms with E-state index in [0.29, 0.717) is 0 Å². The molecule has 1 heterocycles. The van der Waals surface area contributed by atoms with Gasteiger partial charge in [-0.25, -0.2) is 0 Å². The zero-order valence-electron chi connectivity index (χ0n) is 12.7. The second kappa shape index (κ2) is 5.98. The predicted octanol–water partition coefficient (Wildman–Crippen LogP) is 5.88. The van der Waals surface area contributed by atoms with Crippen molar-refractivity contribution < 1.29 is 0 Å². The van der Waals surface area contributed by atoms with Crippen molar-refractivity contribution in [1.29, 1.82) is 0 Å². The average molecular weight is 294 g/mol. The minimum atomic E-state index is 1.00. The van der Waals surface area contributed by atoms with Gasteiger partial charge >= 0.3 is 0 Å². The zero-order valence-corrected chi connectivity index (χ0v) is 12.7. The van der Waals surface area contributed by atoms with E-state index in [1.165, 1.54) is 11.1 Å². The molecular weight excluding hydrogens is 278 g/mol. The average Bonchev–Trinajstić information content (AvgIpc) is 3.18. The molecule has 1 aliphatic heterocycles. The monoisotopic (exact) mass is 294 g/mol. The summed E-state index contributed by atoms with van der Waals surface area (Å²) in [6.07, 6.45) is 12.6. The van der Waals surface area contributed by atoms with Crippen molar-refractivity contribution in [3.8, 4) is 0 Å². The Morgan fingerprint density at radius 1 is 0.609 bits per heavy atom. The molecule has 0 bridgehead atoms. The van der Waals surface area contributed by atoms with Crippen molar-refractivity contribution in [2.45, 2.75) is 0 Å². The van der Waals surface area contributed by atoms with Crippen LogP contribution in [-0.4, -0.2) is 0 Å². The number of rotatable bonds is 2. The fourth-order valence-corrected chi connectivity index (χ4v) is 2.78. The Morgan fingerprint density at radius 3 is 1.87 bits per heavy atom. The molecule has 0 saturated carbocycles. The molecule has 0 aromatic heterocycles. The number of hydrogen-bond acceptors (Lipinski definition) is 0. The van der Waals surface area contributed by atoms with E-state index in [-0.39, 0.29) is 0 Å². The smallest absolute Gasteiger partial charge is 0.0185 e. The summed E-state index contributed by atoms with van der Waals surface area (Å²) < 4.78 is 0. The minimum Gasteiger partial charge on any atom is -0.657 e. The highest BCUT2D eigenvalue weighted by Crippen LogP contribution is 2.37. The highest BCUT2D eigenvalue weighted by Gasteiger charge is 2.06. The molecule has 0 amide bonds. The highest BCUT2D eigenvalue weighted by molar-refractivity contribution is 5.94. The molecule has 0 unspecified atom stereocenters. The van der Waals surface area contributed by atoms with Crippen molar-refractivity contribution in [2.24, 2.45) is 0 Å². The fourth-order valence-electron chi connectivity index (χ4n) is 2.78. The van der Waals surface area contributed by atoms with Crippen LogP contribution in [-0.2, 0) is 0 Å². The first-order valence-corrected chi connectivity index (χ1v) is 7.75. The molecule has 110 valence electrons. The van der Waals surface area contributed by atoms with Crippen LogP contribution in [0.1, 0.15) is 11.1 Å². The largest absolute Gasteiger partial charge is 0.657 e. The maximum Gasteiger partial charge on any atom is -0.0185 e. The van der Waals surface area contributed by atoms with Crippen LogP contribution < -0.4 is 0 Å². The van der Waals surface area contributed by atoms with Gasteiger partial charge in [-0.05, 0) is 22.3 Å². The lowest BCUT2D eigenvalue weighted by molar-refractivity contribution is 1.47. The van der Waals surface area contributed by atoms with Gasteiger partial charge in [0, 0.05) is 0 Å². The van der Waals surface area contributed by atoms with Crippen LogP contribution >= 0.6 is 0 Å². The summed E-state index contributed by atoms with van der Waals surface area (Å²) in [5.41, 5.74) is 6.70. The molecule has 2 aromatic rings. The first-order chi connectivity index (χ1) is 11.4. The van der Waals surface area contributed by atoms with Gasteiger partial charge in [0.15, 0.2) is 0 Å². The molecule has 23 heavy (non-hydrogen) atoms. The van der Waals surface area contributed by atoms with Crippen LogP contribution in [0.4, 0.5) is 0 Å². The third-order valence-corrected chi connectivity index (χ3v) is 3.96. The van der Waals surface area contributed by atoms with Crippen LogP contribution in [0.2, 0.25) is 0 Å². The quantitative estimate of drug-likeness (QED) is 0.657. The van der Waals surface area contributed by atoms with E-state index in [1.807, 2.05) is 36.4 Å². The summed E-state index contributed by atoms with van der Waals surface area (Å²) in [4.78, 5) is 0. The predicted molar refractivity (Wildman–Crippen MR) is 97.5 cm³/mol. The third-order valence-electron chi connectivity index (χ3n) is 3.96. The van der Waals surface area contributed by atoms with Crippen LogP contribution in [0.15, 0.2) is 108 Å². The topological polar surface area (TPSA) is 14.1 Å². The molecule has 1 nitrogen and oxygen atoms in total. The Labute approximate surface area is 136 Å². The van der Waals surface area contributed by atoms with Crippen molar-refractivity contribution in [3.63, 3.8) is 0 Å². The van der Waals surface area contributed by atoms with E-state index in [0.717, 1.165) is 22.5 Å². The summed E-state index contributed by atoms with van der Waals surface area (Å²) in [6, 6.07) is 20.8. The van der Waals surface area contributed by atoms with Crippen LogP contribution in [0, 0.1) is 0 Å². The Morgan fingerprint density at radius 2 is 1.22 bits per heavy atom. The Kier molecular flexibility index (Phi) is 3.53. The Balaban J connectivity index is 1.84. The normalized spacial score (nSPS) is 16.2. The van der Waals surface area contributed by atoms with E-state index in [2.05, 4.69) is 60.7 Å². The van der Waals surface area contributed by atoms with Crippen molar-refractivity contribution >= 4 is 11.3 Å². The van der Waals surface area contributed by atoms with Gasteiger partial charge in [0.1, 0.15) is 0 Å². The summed E-state index contributed by atoms with van der Waals surface area (Å²) >= 11 is 0. The van der Waals surface area contributed by atoms with E-state index < -0.39 is 0 Å². The first kappa shape index (κ1) is 13.6. The molecule has 0 atom stereocenters. The van der Waals surface area contributed by atoms with E-state index in [9.17, 15) is 0 Å². The zero-order chi connectivity index (χ0) is 15.5. The van der Waals surface area contributed by atoms with Crippen LogP contribution in [0.5, 0.6) is 0 Å². The van der Waals surface area contributed by atoms with Crippen LogP contribution in [0.3, 0.4) is 0 Å². The van der Waals surface area contributed by atoms with Gasteiger partial charge in [0.25, 0.3) is 0 Å². The summed E-state index contributed by atoms with van der Waals surface area (Å²) in [7, 11) is 0. The van der Waals surface area contributed by atoms with Crippen LogP contribution in [0.25, 0.3) is 16.6 Å². The molecule has 2 aromatic carbocycles. The van der Waals surface area contributed by atoms with Gasteiger partial charge in [-0.15, -0.1) is 11.4 Å². The van der Waals surface area contributed by atoms with E-state index in [4.69, 9.17) is 5.32 Å². The fraction of sp³-hybridized carbons (Fsp3) is 0. The van der Waals surface area contributed by atoms with Gasteiger partial charge in [-0.1, -0.05) is 97.1 Å².